The van der Waals surface area contributed by atoms with Gasteiger partial charge in [-0.15, -0.1) is 11.3 Å². The van der Waals surface area contributed by atoms with Crippen LogP contribution in [0, 0.1) is 12.8 Å². The average molecular weight is 336 g/mol. The smallest absolute Gasteiger partial charge is 0.273 e. The van der Waals surface area contributed by atoms with E-state index in [2.05, 4.69) is 15.8 Å². The van der Waals surface area contributed by atoms with Gasteiger partial charge in [0.05, 0.1) is 11.2 Å². The quantitative estimate of drug-likeness (QED) is 0.847. The van der Waals surface area contributed by atoms with Crippen molar-refractivity contribution in [2.24, 2.45) is 5.92 Å². The van der Waals surface area contributed by atoms with E-state index in [1.54, 1.807) is 12.4 Å². The molecule has 7 heteroatoms. The summed E-state index contributed by atoms with van der Waals surface area (Å²) in [7, 11) is 0. The van der Waals surface area contributed by atoms with Crippen molar-refractivity contribution in [3.8, 4) is 0 Å². The molecule has 0 bridgehead atoms. The van der Waals surface area contributed by atoms with Gasteiger partial charge in [-0.2, -0.15) is 0 Å². The molecule has 0 radical (unpaired) electrons. The number of amides is 2. The highest BCUT2D eigenvalue weighted by Crippen LogP contribution is 2.49. The molecule has 2 N–H and O–H groups in total. The summed E-state index contributed by atoms with van der Waals surface area (Å²) in [4.78, 5) is 28.5. The Kier molecular flexibility index (Phi) is 4.13. The van der Waals surface area contributed by atoms with E-state index in [1.165, 1.54) is 11.3 Å². The van der Waals surface area contributed by atoms with E-state index in [4.69, 9.17) is 11.6 Å². The van der Waals surface area contributed by atoms with Crippen LogP contribution in [0.5, 0.6) is 0 Å². The minimum atomic E-state index is -0.344. The van der Waals surface area contributed by atoms with Crippen molar-refractivity contribution in [3.63, 3.8) is 0 Å². The first-order valence-corrected chi connectivity index (χ1v) is 8.08. The van der Waals surface area contributed by atoms with Crippen LogP contribution in [0.3, 0.4) is 0 Å². The number of benzene rings is 1. The first-order valence-electron chi connectivity index (χ1n) is 6.82. The molecule has 0 saturated heterocycles. The molecule has 0 spiro atoms. The Labute approximate surface area is 136 Å². The van der Waals surface area contributed by atoms with Gasteiger partial charge in [0.25, 0.3) is 5.91 Å². The number of halogens is 1. The van der Waals surface area contributed by atoms with Gasteiger partial charge in [0, 0.05) is 10.9 Å². The maximum atomic E-state index is 12.1. The van der Waals surface area contributed by atoms with Crippen molar-refractivity contribution in [3.05, 3.63) is 50.9 Å². The zero-order valence-electron chi connectivity index (χ0n) is 11.8. The molecular formula is C15H14ClN3O2S. The Morgan fingerprint density at radius 1 is 1.32 bits per heavy atom. The van der Waals surface area contributed by atoms with Gasteiger partial charge in [-0.3, -0.25) is 20.4 Å². The first kappa shape index (κ1) is 15.0. The Hall–Kier alpha value is -1.92. The maximum Gasteiger partial charge on any atom is 0.281 e. The third-order valence-electron chi connectivity index (χ3n) is 3.68. The van der Waals surface area contributed by atoms with Crippen molar-refractivity contribution in [1.29, 1.82) is 0 Å². The zero-order chi connectivity index (χ0) is 15.7. The van der Waals surface area contributed by atoms with E-state index in [1.807, 2.05) is 24.3 Å². The van der Waals surface area contributed by atoms with Gasteiger partial charge >= 0.3 is 0 Å². The molecule has 1 aromatic carbocycles. The SMILES string of the molecule is Cc1ncsc1C(=O)NNC(=O)C1CC1c1ccccc1Cl. The molecule has 1 fully saturated rings. The van der Waals surface area contributed by atoms with Crippen molar-refractivity contribution < 1.29 is 9.59 Å². The molecule has 1 aromatic heterocycles. The molecule has 2 amide bonds. The number of aryl methyl sites for hydroxylation is 1. The summed E-state index contributed by atoms with van der Waals surface area (Å²) >= 11 is 7.38. The number of nitrogens with zero attached hydrogens (tertiary/aromatic N) is 1. The Morgan fingerprint density at radius 3 is 2.77 bits per heavy atom. The van der Waals surface area contributed by atoms with Gasteiger partial charge in [-0.1, -0.05) is 29.8 Å². The maximum absolute atomic E-state index is 12.1. The zero-order valence-corrected chi connectivity index (χ0v) is 13.4. The van der Waals surface area contributed by atoms with Gasteiger partial charge < -0.3 is 0 Å². The summed E-state index contributed by atoms with van der Waals surface area (Å²) in [6.45, 7) is 1.75. The third kappa shape index (κ3) is 2.98. The van der Waals surface area contributed by atoms with Gasteiger partial charge in [-0.25, -0.2) is 4.98 Å². The van der Waals surface area contributed by atoms with Crippen LogP contribution in [0.2, 0.25) is 5.02 Å². The molecule has 0 aliphatic heterocycles. The van der Waals surface area contributed by atoms with E-state index in [-0.39, 0.29) is 23.7 Å². The van der Waals surface area contributed by atoms with Crippen LogP contribution >= 0.6 is 22.9 Å². The van der Waals surface area contributed by atoms with Gasteiger partial charge in [0.2, 0.25) is 5.91 Å². The summed E-state index contributed by atoms with van der Waals surface area (Å²) in [5.74, 6) is -0.567. The molecular weight excluding hydrogens is 322 g/mol. The number of carbonyl (C=O) groups is 2. The van der Waals surface area contributed by atoms with Gasteiger partial charge in [0.1, 0.15) is 4.88 Å². The van der Waals surface area contributed by atoms with E-state index in [0.717, 1.165) is 12.0 Å². The molecule has 5 nitrogen and oxygen atoms in total. The second kappa shape index (κ2) is 6.06. The lowest BCUT2D eigenvalue weighted by molar-refractivity contribution is -0.123. The molecule has 1 aliphatic carbocycles. The van der Waals surface area contributed by atoms with Crippen LogP contribution in [0.25, 0.3) is 0 Å². The summed E-state index contributed by atoms with van der Waals surface area (Å²) in [5, 5.41) is 0.673. The molecule has 3 rings (SSSR count). The first-order chi connectivity index (χ1) is 10.6. The van der Waals surface area contributed by atoms with Crippen LogP contribution in [0.4, 0.5) is 0 Å². The third-order valence-corrected chi connectivity index (χ3v) is 4.95. The fraction of sp³-hybridized carbons (Fsp3) is 0.267. The molecule has 2 unspecified atom stereocenters. The lowest BCUT2D eigenvalue weighted by Gasteiger charge is -2.07. The number of thiazole rings is 1. The van der Waals surface area contributed by atoms with Crippen molar-refractivity contribution in [2.45, 2.75) is 19.3 Å². The predicted octanol–water partition coefficient (Wildman–Crippen LogP) is 2.67. The molecule has 22 heavy (non-hydrogen) atoms. The number of hydrazine groups is 1. The standard InChI is InChI=1S/C15H14ClN3O2S/c1-8-13(22-7-17-8)15(21)19-18-14(20)11-6-10(11)9-4-2-3-5-12(9)16/h2-5,7,10-11H,6H2,1H3,(H,18,20)(H,19,21). The molecule has 1 aliphatic rings. The number of nitrogens with one attached hydrogen (secondary N) is 2. The van der Waals surface area contributed by atoms with Crippen LogP contribution in [0.15, 0.2) is 29.8 Å². The summed E-state index contributed by atoms with van der Waals surface area (Å²) < 4.78 is 0. The predicted molar refractivity (Wildman–Crippen MR) is 84.8 cm³/mol. The van der Waals surface area contributed by atoms with Crippen LogP contribution in [-0.2, 0) is 4.79 Å². The second-order valence-electron chi connectivity index (χ2n) is 5.18. The number of rotatable bonds is 3. The molecule has 2 atom stereocenters. The van der Waals surface area contributed by atoms with Crippen LogP contribution < -0.4 is 10.9 Å². The number of aromatic nitrogens is 1. The van der Waals surface area contributed by atoms with Crippen LogP contribution in [0.1, 0.15) is 33.3 Å². The Bertz CT molecular complexity index is 731. The summed E-state index contributed by atoms with van der Waals surface area (Å²) in [6, 6.07) is 7.52. The van der Waals surface area contributed by atoms with Crippen molar-refractivity contribution >= 4 is 34.8 Å². The van der Waals surface area contributed by atoms with Crippen molar-refractivity contribution in [1.82, 2.24) is 15.8 Å². The average Bonchev–Trinajstić information content (AvgIpc) is 3.19. The highest BCUT2D eigenvalue weighted by molar-refractivity contribution is 7.11. The fourth-order valence-electron chi connectivity index (χ4n) is 2.39. The Balaban J connectivity index is 1.55. The monoisotopic (exact) mass is 335 g/mol. The van der Waals surface area contributed by atoms with E-state index in [0.29, 0.717) is 15.6 Å². The lowest BCUT2D eigenvalue weighted by Crippen LogP contribution is -2.42. The molecule has 2 aromatic rings. The summed E-state index contributed by atoms with van der Waals surface area (Å²) in [6.07, 6.45) is 0.741. The van der Waals surface area contributed by atoms with E-state index >= 15 is 0 Å². The fourth-order valence-corrected chi connectivity index (χ4v) is 3.37. The molecule has 1 saturated carbocycles. The Morgan fingerprint density at radius 2 is 2.09 bits per heavy atom. The second-order valence-corrected chi connectivity index (χ2v) is 6.44. The van der Waals surface area contributed by atoms with Gasteiger partial charge in [0.15, 0.2) is 0 Å². The number of hydrogen-bond donors (Lipinski definition) is 2. The van der Waals surface area contributed by atoms with Gasteiger partial charge in [-0.05, 0) is 30.9 Å². The topological polar surface area (TPSA) is 71.1 Å². The minimum Gasteiger partial charge on any atom is -0.273 e. The molecule has 1 heterocycles. The van der Waals surface area contributed by atoms with Crippen LogP contribution in [-0.4, -0.2) is 16.8 Å². The number of hydrogen-bond acceptors (Lipinski definition) is 4. The summed E-state index contributed by atoms with van der Waals surface area (Å²) in [5.41, 5.74) is 8.14. The highest BCUT2D eigenvalue weighted by Gasteiger charge is 2.44. The van der Waals surface area contributed by atoms with Crippen molar-refractivity contribution in [2.75, 3.05) is 0 Å². The van der Waals surface area contributed by atoms with E-state index in [9.17, 15) is 9.59 Å². The normalized spacial score (nSPS) is 19.5. The highest BCUT2D eigenvalue weighted by atomic mass is 35.5. The molecule has 114 valence electrons. The lowest BCUT2D eigenvalue weighted by atomic mass is 10.1. The largest absolute Gasteiger partial charge is 0.281 e. The van der Waals surface area contributed by atoms with E-state index < -0.39 is 0 Å². The minimum absolute atomic E-state index is 0.121. The number of carbonyl (C=O) groups excluding carboxylic acids is 2.